The number of aliphatic imine (C=N–C) groups is 1. The first-order chi connectivity index (χ1) is 14.6. The number of para-hydroxylation sites is 1. The van der Waals surface area contributed by atoms with Gasteiger partial charge in [0, 0.05) is 45.3 Å². The van der Waals surface area contributed by atoms with E-state index >= 15 is 0 Å². The summed E-state index contributed by atoms with van der Waals surface area (Å²) in [4.78, 5) is 9.02. The molecule has 1 saturated heterocycles. The Kier molecular flexibility index (Phi) is 9.83. The standard InChI is InChI=1S/C22H29ClN4O3.HI/c1-24-22(25-15-16-9-10-19(28-2)21(30-4)20(16)29-3)27-13-11-26(12-14-27)18-8-6-5-7-17(18)23;/h5-10H,11-15H2,1-4H3,(H,24,25);1H. The number of benzene rings is 2. The van der Waals surface area contributed by atoms with Crippen molar-refractivity contribution in [2.24, 2.45) is 4.99 Å². The fourth-order valence-electron chi connectivity index (χ4n) is 3.68. The maximum Gasteiger partial charge on any atom is 0.203 e. The highest BCUT2D eigenvalue weighted by Crippen LogP contribution is 2.39. The molecule has 0 aliphatic carbocycles. The highest BCUT2D eigenvalue weighted by molar-refractivity contribution is 14.0. The number of piperazine rings is 1. The van der Waals surface area contributed by atoms with Gasteiger partial charge in [0.15, 0.2) is 17.5 Å². The van der Waals surface area contributed by atoms with Crippen LogP contribution in [-0.4, -0.2) is 65.4 Å². The summed E-state index contributed by atoms with van der Waals surface area (Å²) in [5.41, 5.74) is 2.04. The van der Waals surface area contributed by atoms with Gasteiger partial charge in [0.25, 0.3) is 0 Å². The molecule has 0 spiro atoms. The Morgan fingerprint density at radius 2 is 1.65 bits per heavy atom. The van der Waals surface area contributed by atoms with Gasteiger partial charge in [-0.05, 0) is 24.3 Å². The average molecular weight is 561 g/mol. The van der Waals surface area contributed by atoms with Gasteiger partial charge in [0.1, 0.15) is 0 Å². The number of ether oxygens (including phenoxy) is 3. The minimum absolute atomic E-state index is 0. The smallest absolute Gasteiger partial charge is 0.203 e. The average Bonchev–Trinajstić information content (AvgIpc) is 2.79. The molecule has 2 aromatic carbocycles. The van der Waals surface area contributed by atoms with Crippen LogP contribution >= 0.6 is 35.6 Å². The van der Waals surface area contributed by atoms with E-state index in [0.29, 0.717) is 23.8 Å². The number of hydrogen-bond acceptors (Lipinski definition) is 5. The van der Waals surface area contributed by atoms with Gasteiger partial charge in [-0.15, -0.1) is 24.0 Å². The van der Waals surface area contributed by atoms with E-state index in [9.17, 15) is 0 Å². The summed E-state index contributed by atoms with van der Waals surface area (Å²) in [5, 5.41) is 4.23. The van der Waals surface area contributed by atoms with Gasteiger partial charge in [-0.3, -0.25) is 4.99 Å². The Hall–Kier alpha value is -2.07. The minimum atomic E-state index is 0. The monoisotopic (exact) mass is 560 g/mol. The number of halogens is 2. The molecule has 0 saturated carbocycles. The summed E-state index contributed by atoms with van der Waals surface area (Å²) in [6.07, 6.45) is 0. The van der Waals surface area contributed by atoms with Gasteiger partial charge >= 0.3 is 0 Å². The molecule has 0 radical (unpaired) electrons. The van der Waals surface area contributed by atoms with Crippen LogP contribution in [0.1, 0.15) is 5.56 Å². The molecule has 1 N–H and O–H groups in total. The van der Waals surface area contributed by atoms with Gasteiger partial charge in [-0.25, -0.2) is 0 Å². The topological polar surface area (TPSA) is 58.6 Å². The second-order valence-corrected chi connectivity index (χ2v) is 7.23. The van der Waals surface area contributed by atoms with Crippen molar-refractivity contribution in [3.8, 4) is 17.2 Å². The second-order valence-electron chi connectivity index (χ2n) is 6.82. The molecule has 3 rings (SSSR count). The summed E-state index contributed by atoms with van der Waals surface area (Å²) in [6, 6.07) is 11.8. The normalized spacial score (nSPS) is 14.0. The fraction of sp³-hybridized carbons (Fsp3) is 0.409. The molecule has 1 aliphatic heterocycles. The van der Waals surface area contributed by atoms with E-state index in [4.69, 9.17) is 25.8 Å². The lowest BCUT2D eigenvalue weighted by molar-refractivity contribution is 0.321. The molecule has 0 amide bonds. The minimum Gasteiger partial charge on any atom is -0.493 e. The Morgan fingerprint density at radius 3 is 2.23 bits per heavy atom. The number of guanidine groups is 1. The van der Waals surface area contributed by atoms with Gasteiger partial charge in [0.05, 0.1) is 32.0 Å². The first-order valence-electron chi connectivity index (χ1n) is 9.85. The highest BCUT2D eigenvalue weighted by atomic mass is 127. The fourth-order valence-corrected chi connectivity index (χ4v) is 3.93. The van der Waals surface area contributed by atoms with Crippen molar-refractivity contribution in [3.05, 3.63) is 47.0 Å². The number of anilines is 1. The molecule has 7 nitrogen and oxygen atoms in total. The molecule has 170 valence electrons. The van der Waals surface area contributed by atoms with Gasteiger partial charge < -0.3 is 29.3 Å². The van der Waals surface area contributed by atoms with Gasteiger partial charge in [0.2, 0.25) is 5.75 Å². The Morgan fingerprint density at radius 1 is 0.968 bits per heavy atom. The lowest BCUT2D eigenvalue weighted by Crippen LogP contribution is -2.52. The van der Waals surface area contributed by atoms with Crippen molar-refractivity contribution in [2.45, 2.75) is 6.54 Å². The van der Waals surface area contributed by atoms with Crippen molar-refractivity contribution in [3.63, 3.8) is 0 Å². The van der Waals surface area contributed by atoms with Crippen LogP contribution in [-0.2, 0) is 6.54 Å². The van der Waals surface area contributed by atoms with E-state index < -0.39 is 0 Å². The molecule has 31 heavy (non-hydrogen) atoms. The third-order valence-electron chi connectivity index (χ3n) is 5.21. The summed E-state index contributed by atoms with van der Waals surface area (Å²) in [7, 11) is 6.65. The lowest BCUT2D eigenvalue weighted by atomic mass is 10.1. The maximum absolute atomic E-state index is 6.35. The first kappa shape index (κ1) is 25.2. The van der Waals surface area contributed by atoms with E-state index in [2.05, 4.69) is 26.2 Å². The van der Waals surface area contributed by atoms with Crippen molar-refractivity contribution >= 4 is 47.2 Å². The zero-order valence-corrected chi connectivity index (χ0v) is 21.4. The van der Waals surface area contributed by atoms with E-state index in [0.717, 1.165) is 48.4 Å². The van der Waals surface area contributed by atoms with Crippen LogP contribution in [0.4, 0.5) is 5.69 Å². The molecule has 1 aliphatic rings. The van der Waals surface area contributed by atoms with E-state index in [1.54, 1.807) is 28.4 Å². The van der Waals surface area contributed by atoms with Crippen LogP contribution in [0.3, 0.4) is 0 Å². The summed E-state index contributed by atoms with van der Waals surface area (Å²) in [6.45, 7) is 4.02. The molecule has 0 aromatic heterocycles. The van der Waals surface area contributed by atoms with E-state index in [1.165, 1.54) is 0 Å². The van der Waals surface area contributed by atoms with Gasteiger partial charge in [-0.1, -0.05) is 23.7 Å². The molecule has 0 atom stereocenters. The SMILES string of the molecule is CN=C(NCc1ccc(OC)c(OC)c1OC)N1CCN(c2ccccc2Cl)CC1.I. The number of methoxy groups -OCH3 is 3. The van der Waals surface area contributed by atoms with Crippen molar-refractivity contribution in [1.82, 2.24) is 10.2 Å². The van der Waals surface area contributed by atoms with Crippen molar-refractivity contribution in [2.75, 3.05) is 59.5 Å². The summed E-state index contributed by atoms with van der Waals surface area (Å²) < 4.78 is 16.4. The molecule has 2 aromatic rings. The third kappa shape index (κ3) is 5.79. The van der Waals surface area contributed by atoms with Crippen LogP contribution in [0.5, 0.6) is 17.2 Å². The van der Waals surface area contributed by atoms with Crippen LogP contribution in [0.15, 0.2) is 41.4 Å². The zero-order chi connectivity index (χ0) is 21.5. The Labute approximate surface area is 206 Å². The zero-order valence-electron chi connectivity index (χ0n) is 18.4. The largest absolute Gasteiger partial charge is 0.493 e. The van der Waals surface area contributed by atoms with Crippen molar-refractivity contribution in [1.29, 1.82) is 0 Å². The molecule has 1 fully saturated rings. The maximum atomic E-state index is 6.35. The predicted molar refractivity (Wildman–Crippen MR) is 137 cm³/mol. The number of nitrogens with zero attached hydrogens (tertiary/aromatic N) is 3. The number of rotatable bonds is 6. The predicted octanol–water partition coefficient (Wildman–Crippen LogP) is 3.88. The lowest BCUT2D eigenvalue weighted by Gasteiger charge is -2.38. The van der Waals surface area contributed by atoms with Crippen LogP contribution in [0.25, 0.3) is 0 Å². The Bertz CT molecular complexity index is 889. The molecule has 9 heteroatoms. The first-order valence-corrected chi connectivity index (χ1v) is 10.2. The summed E-state index contributed by atoms with van der Waals surface area (Å²) >= 11 is 6.35. The number of nitrogens with one attached hydrogen (secondary N) is 1. The second kappa shape index (κ2) is 12.1. The van der Waals surface area contributed by atoms with Crippen molar-refractivity contribution < 1.29 is 14.2 Å². The molecular weight excluding hydrogens is 531 g/mol. The highest BCUT2D eigenvalue weighted by Gasteiger charge is 2.22. The molecule has 0 unspecified atom stereocenters. The number of hydrogen-bond donors (Lipinski definition) is 1. The summed E-state index contributed by atoms with van der Waals surface area (Å²) in [5.74, 6) is 2.73. The quantitative estimate of drug-likeness (QED) is 0.329. The molecule has 0 bridgehead atoms. The van der Waals surface area contributed by atoms with E-state index in [-0.39, 0.29) is 24.0 Å². The Balaban J connectivity index is 0.00000341. The van der Waals surface area contributed by atoms with E-state index in [1.807, 2.05) is 30.3 Å². The van der Waals surface area contributed by atoms with Crippen LogP contribution in [0.2, 0.25) is 5.02 Å². The van der Waals surface area contributed by atoms with Gasteiger partial charge in [-0.2, -0.15) is 0 Å². The third-order valence-corrected chi connectivity index (χ3v) is 5.53. The van der Waals surface area contributed by atoms with Crippen LogP contribution < -0.4 is 24.4 Å². The molecule has 1 heterocycles. The van der Waals surface area contributed by atoms with Crippen LogP contribution in [0, 0.1) is 0 Å². The molecular formula is C22H30ClIN4O3.